The highest BCUT2D eigenvalue weighted by molar-refractivity contribution is 5.86. The zero-order valence-corrected chi connectivity index (χ0v) is 22.2. The summed E-state index contributed by atoms with van der Waals surface area (Å²) in [4.78, 5) is 15.8. The van der Waals surface area contributed by atoms with Crippen molar-refractivity contribution in [2.45, 2.75) is 57.2 Å². The third-order valence-electron chi connectivity index (χ3n) is 9.20. The highest BCUT2D eigenvalue weighted by Crippen LogP contribution is 2.53. The Balaban J connectivity index is 1.31. The van der Waals surface area contributed by atoms with Crippen LogP contribution in [0.15, 0.2) is 51.7 Å². The molecule has 1 radical (unpaired) electrons. The van der Waals surface area contributed by atoms with Gasteiger partial charge < -0.3 is 0 Å². The van der Waals surface area contributed by atoms with Crippen LogP contribution in [0.25, 0.3) is 11.2 Å². The molecule has 0 unspecified atom stereocenters. The second-order valence-corrected chi connectivity index (χ2v) is 12.0. The molecule has 2 saturated carbocycles. The summed E-state index contributed by atoms with van der Waals surface area (Å²) in [6.07, 6.45) is 4.39. The third kappa shape index (κ3) is 4.38. The molecule has 0 N–H and O–H groups in total. The van der Waals surface area contributed by atoms with Gasteiger partial charge in [-0.3, -0.25) is 13.9 Å². The number of rotatable bonds is 6. The Bertz CT molecular complexity index is 1630. The maximum absolute atomic E-state index is 15.1. The number of fused-ring (bicyclic) bond motifs is 1. The largest absolute Gasteiger partial charge is 0.418 e. The number of hydrogen-bond acceptors (Lipinski definition) is 4. The lowest BCUT2D eigenvalue weighted by Gasteiger charge is -2.31. The van der Waals surface area contributed by atoms with Gasteiger partial charge in [0, 0.05) is 25.5 Å². The van der Waals surface area contributed by atoms with Crippen LogP contribution in [0.1, 0.15) is 61.1 Å². The van der Waals surface area contributed by atoms with Gasteiger partial charge in [-0.25, -0.2) is 13.8 Å². The van der Waals surface area contributed by atoms with Gasteiger partial charge >= 0.3 is 17.7 Å². The summed E-state index contributed by atoms with van der Waals surface area (Å²) in [5.74, 6) is 0.119. The van der Waals surface area contributed by atoms with Crippen molar-refractivity contribution in [2.24, 2.45) is 21.6 Å². The van der Waals surface area contributed by atoms with Crippen molar-refractivity contribution in [1.29, 1.82) is 0 Å². The maximum Gasteiger partial charge on any atom is 0.418 e. The first-order valence-electron chi connectivity index (χ1n) is 13.8. The second kappa shape index (κ2) is 9.09. The number of likely N-dealkylation sites (tertiary alicyclic amines) is 1. The van der Waals surface area contributed by atoms with E-state index in [-0.39, 0.29) is 23.0 Å². The van der Waals surface area contributed by atoms with E-state index in [1.54, 1.807) is 17.3 Å². The SMILES string of the molecule is C[N+]1=C([C@@H](c2cc(F)cc(-n3cc4c(C(F)(F)F)cc(CN5CCC6(CC6)C5)cn4c3=O)c2)C2CCC2)N=N[CH]1. The molecule has 3 aromatic rings. The van der Waals surface area contributed by atoms with Crippen molar-refractivity contribution in [3.05, 3.63) is 76.3 Å². The van der Waals surface area contributed by atoms with Crippen molar-refractivity contribution in [2.75, 3.05) is 20.1 Å². The summed E-state index contributed by atoms with van der Waals surface area (Å²) in [6.45, 7) is 3.66. The molecule has 7 nitrogen and oxygen atoms in total. The molecule has 11 heteroatoms. The summed E-state index contributed by atoms with van der Waals surface area (Å²) < 4.78 is 61.7. The first-order valence-corrected chi connectivity index (χ1v) is 13.8. The van der Waals surface area contributed by atoms with Crippen molar-refractivity contribution in [1.82, 2.24) is 13.9 Å². The second-order valence-electron chi connectivity index (χ2n) is 12.0. The van der Waals surface area contributed by atoms with Crippen LogP contribution in [0, 0.1) is 23.8 Å². The van der Waals surface area contributed by atoms with Gasteiger partial charge in [-0.05, 0) is 90.5 Å². The number of amidine groups is 1. The van der Waals surface area contributed by atoms with Crippen molar-refractivity contribution in [3.8, 4) is 5.69 Å². The van der Waals surface area contributed by atoms with E-state index >= 15 is 4.39 Å². The Morgan fingerprint density at radius 2 is 1.93 bits per heavy atom. The van der Waals surface area contributed by atoms with Crippen LogP contribution in [0.3, 0.4) is 0 Å². The number of hydrogen-bond donors (Lipinski definition) is 0. The summed E-state index contributed by atoms with van der Waals surface area (Å²) in [7, 11) is 1.83. The Kier molecular flexibility index (Phi) is 5.82. The summed E-state index contributed by atoms with van der Waals surface area (Å²) in [5.41, 5.74) is -0.213. The predicted octanol–water partition coefficient (Wildman–Crippen LogP) is 5.74. The van der Waals surface area contributed by atoms with Crippen LogP contribution in [0.4, 0.5) is 17.6 Å². The molecule has 4 aliphatic rings. The number of nitrogens with zero attached hydrogens (tertiary/aromatic N) is 6. The van der Waals surface area contributed by atoms with E-state index in [0.29, 0.717) is 28.9 Å². The number of azo groups is 1. The standard InChI is InChI=1S/C29H30F4N6O/c1-36-17-34-35-26(36)25(19-3-2-4-19)20-10-21(30)12-22(11-20)38-15-24-23(29(31,32)33)9-18(14-39(24)27(38)40)13-37-8-7-28(16-37)5-6-28/h9-12,14-15,17,19,25H,2-8,13,16H2,1H3/q+1/t25-/m1/s1. The number of alkyl halides is 3. The van der Waals surface area contributed by atoms with Gasteiger partial charge in [0.05, 0.1) is 34.8 Å². The van der Waals surface area contributed by atoms with Gasteiger partial charge in [-0.2, -0.15) is 13.2 Å². The number of halogens is 4. The molecule has 1 atom stereocenters. The molecule has 7 rings (SSSR count). The quantitative estimate of drug-likeness (QED) is 0.288. The number of benzene rings is 1. The molecule has 4 heterocycles. The van der Waals surface area contributed by atoms with Gasteiger partial charge in [0.1, 0.15) is 5.82 Å². The van der Waals surface area contributed by atoms with E-state index in [1.807, 2.05) is 7.05 Å². The van der Waals surface area contributed by atoms with Gasteiger partial charge in [-0.1, -0.05) is 6.42 Å². The first kappa shape index (κ1) is 25.6. The molecule has 2 aliphatic heterocycles. The van der Waals surface area contributed by atoms with Gasteiger partial charge in [-0.15, -0.1) is 0 Å². The van der Waals surface area contributed by atoms with Gasteiger partial charge in [0.25, 0.3) is 6.67 Å². The molecule has 0 amide bonds. The van der Waals surface area contributed by atoms with E-state index < -0.39 is 23.2 Å². The van der Waals surface area contributed by atoms with Crippen molar-refractivity contribution >= 4 is 11.4 Å². The van der Waals surface area contributed by atoms with Crippen LogP contribution in [0.2, 0.25) is 0 Å². The van der Waals surface area contributed by atoms with E-state index in [4.69, 9.17) is 0 Å². The van der Waals surface area contributed by atoms with Gasteiger partial charge in [0.2, 0.25) is 0 Å². The lowest BCUT2D eigenvalue weighted by Crippen LogP contribution is -2.29. The summed E-state index contributed by atoms with van der Waals surface area (Å²) in [5, 5.41) is 8.27. The smallest absolute Gasteiger partial charge is 0.298 e. The fourth-order valence-electron chi connectivity index (χ4n) is 6.64. The number of aromatic nitrogens is 2. The van der Waals surface area contributed by atoms with Crippen LogP contribution < -0.4 is 5.69 Å². The lowest BCUT2D eigenvalue weighted by molar-refractivity contribution is -0.451. The average Bonchev–Trinajstić information content (AvgIpc) is 3.14. The molecular formula is C29H30F4N6O+. The Morgan fingerprint density at radius 1 is 1.12 bits per heavy atom. The third-order valence-corrected chi connectivity index (χ3v) is 9.20. The number of imidazole rings is 1. The van der Waals surface area contributed by atoms with Crippen LogP contribution in [-0.2, 0) is 12.7 Å². The average molecular weight is 555 g/mol. The van der Waals surface area contributed by atoms with Crippen LogP contribution in [-0.4, -0.2) is 44.4 Å². The topological polar surface area (TPSA) is 57.4 Å². The fourth-order valence-corrected chi connectivity index (χ4v) is 6.64. The summed E-state index contributed by atoms with van der Waals surface area (Å²) in [6, 6.07) is 5.44. The predicted molar refractivity (Wildman–Crippen MR) is 140 cm³/mol. The van der Waals surface area contributed by atoms with E-state index in [2.05, 4.69) is 15.1 Å². The Labute approximate surface area is 228 Å². The molecule has 1 saturated heterocycles. The first-order chi connectivity index (χ1) is 19.1. The minimum atomic E-state index is -4.66. The molecule has 1 aromatic carbocycles. The highest BCUT2D eigenvalue weighted by Gasteiger charge is 2.47. The zero-order valence-electron chi connectivity index (χ0n) is 22.2. The van der Waals surface area contributed by atoms with Crippen LogP contribution >= 0.6 is 0 Å². The molecule has 2 aromatic heterocycles. The molecule has 209 valence electrons. The van der Waals surface area contributed by atoms with Crippen LogP contribution in [0.5, 0.6) is 0 Å². The molecule has 0 bridgehead atoms. The monoisotopic (exact) mass is 554 g/mol. The van der Waals surface area contributed by atoms with E-state index in [9.17, 15) is 18.0 Å². The molecule has 40 heavy (non-hydrogen) atoms. The minimum Gasteiger partial charge on any atom is -0.298 e. The zero-order chi connectivity index (χ0) is 27.8. The van der Waals surface area contributed by atoms with E-state index in [1.165, 1.54) is 37.4 Å². The summed E-state index contributed by atoms with van der Waals surface area (Å²) >= 11 is 0. The Morgan fingerprint density at radius 3 is 2.55 bits per heavy atom. The Hall–Kier alpha value is -3.34. The van der Waals surface area contributed by atoms with E-state index in [0.717, 1.165) is 53.8 Å². The van der Waals surface area contributed by atoms with Crippen molar-refractivity contribution < 1.29 is 22.1 Å². The molecule has 1 spiro atoms. The normalized spacial score (nSPS) is 21.6. The highest BCUT2D eigenvalue weighted by atomic mass is 19.4. The lowest BCUT2D eigenvalue weighted by atomic mass is 9.72. The molecular weight excluding hydrogens is 524 g/mol. The fraction of sp³-hybridized carbons (Fsp3) is 0.483. The molecule has 2 aliphatic carbocycles. The maximum atomic E-state index is 15.1. The molecule has 3 fully saturated rings. The minimum absolute atomic E-state index is 0.181. The van der Waals surface area contributed by atoms with Crippen molar-refractivity contribution in [3.63, 3.8) is 0 Å². The number of pyridine rings is 1. The van der Waals surface area contributed by atoms with Gasteiger partial charge in [0.15, 0.2) is 0 Å².